The van der Waals surface area contributed by atoms with Gasteiger partial charge in [0.2, 0.25) is 46.8 Å². The number of ether oxygens (including phenoxy) is 7. The molecule has 0 spiro atoms. The fraction of sp³-hybridized carbons (Fsp3) is 0.152. The van der Waals surface area contributed by atoms with Crippen molar-refractivity contribution in [2.45, 2.75) is 54.1 Å². The fourth-order valence-corrected chi connectivity index (χ4v) is 13.5. The van der Waals surface area contributed by atoms with Crippen molar-refractivity contribution >= 4 is 11.3 Å². The number of pyridine rings is 4. The first-order chi connectivity index (χ1) is 64.6. The van der Waals surface area contributed by atoms with Gasteiger partial charge in [0.25, 0.3) is 23.6 Å². The third kappa shape index (κ3) is 24.5. The topological polar surface area (TPSA) is 350 Å². The highest BCUT2D eigenvalue weighted by molar-refractivity contribution is 7.16. The van der Waals surface area contributed by atoms with Crippen LogP contribution in [0.2, 0.25) is 0 Å². The number of hydrogen-bond acceptors (Lipinski definition) is 30. The second kappa shape index (κ2) is 45.6. The lowest BCUT2D eigenvalue weighted by atomic mass is 10.1. The van der Waals surface area contributed by atoms with E-state index in [1.165, 1.54) is 6.07 Å². The average molecular weight is 1800 g/mol. The van der Waals surface area contributed by atoms with E-state index in [4.69, 9.17) is 60.2 Å². The van der Waals surface area contributed by atoms with Crippen molar-refractivity contribution in [3.63, 3.8) is 0 Å². The van der Waals surface area contributed by atoms with Crippen LogP contribution in [0.5, 0.6) is 40.2 Å². The standard InChI is InChI=1S/C19H11F3N2OS.C18H18N2O3.C17H17N3O3.C16H15N3O2.C15H13N3O3.C14H11N3O/c20-19(21,22)16-14(12-7-3-1-4-8-12)11-15(26-16)18-23-17(24-25-18)13-9-5-2-6-10-13;1-3-21-15-11-10-14(12-16(15)22-4-2)18-19-17(20-23-18)13-8-6-5-7-9-13;1-3-21-14-6-5-13(11-15(14)22-4-2)17-19-16(20-23-17)12-7-9-18-10-8-12;1-3-20-14-10-13(5-4-11(14)2)16-19-18-15(21-16)12-6-8-17-9-7-12;1-19-12-6-11(7-13(8-12)20-2)15-17-14(18-21-15)10-4-3-5-16-9-10;1-2-4-11(5-3-1)10-13-16-14(17-18-13)12-6-8-15-9-7-12/h1-11H;5-12H,3-4H2,1-2H3;5-11H,3-4H2,1-2H3;4-10H,3H2,1-2H3;3-9H,1-2H3;1-9H,10H2. The Labute approximate surface area is 759 Å². The van der Waals surface area contributed by atoms with Crippen molar-refractivity contribution in [1.29, 1.82) is 0 Å². The normalized spacial score (nSPS) is 10.7. The number of alkyl halides is 3. The summed E-state index contributed by atoms with van der Waals surface area (Å²) >= 11 is 0.602. The van der Waals surface area contributed by atoms with Crippen molar-refractivity contribution in [1.82, 2.24) is 80.8 Å². The molecule has 0 unspecified atom stereocenters. The molecule has 29 nitrogen and oxygen atoms in total. The summed E-state index contributed by atoms with van der Waals surface area (Å²) in [6.45, 7) is 14.6. The zero-order valence-electron chi connectivity index (χ0n) is 72.5. The summed E-state index contributed by atoms with van der Waals surface area (Å²) in [5, 5.41) is 28.0. The quantitative estimate of drug-likeness (QED) is 0.0486. The van der Waals surface area contributed by atoms with Gasteiger partial charge in [-0.25, -0.2) is 0 Å². The molecule has 0 N–H and O–H groups in total. The molecule has 0 fully saturated rings. The molecule has 0 atom stereocenters. The van der Waals surface area contributed by atoms with Crippen LogP contribution in [0.1, 0.15) is 56.5 Å². The first kappa shape index (κ1) is 91.5. The van der Waals surface area contributed by atoms with Crippen molar-refractivity contribution in [2.75, 3.05) is 47.3 Å². The van der Waals surface area contributed by atoms with Crippen LogP contribution in [0.4, 0.5) is 13.2 Å². The third-order valence-electron chi connectivity index (χ3n) is 18.8. The first-order valence-corrected chi connectivity index (χ1v) is 42.3. The molecule has 0 amide bonds. The van der Waals surface area contributed by atoms with Crippen LogP contribution in [0, 0.1) is 6.92 Å². The molecule has 666 valence electrons. The Kier molecular flexibility index (Phi) is 31.6. The Hall–Kier alpha value is -16.7. The minimum Gasteiger partial charge on any atom is -0.497 e. The minimum atomic E-state index is -4.46. The molecular weight excluding hydrogens is 1710 g/mol. The largest absolute Gasteiger partial charge is 0.497 e. The molecule has 0 saturated heterocycles. The van der Waals surface area contributed by atoms with Crippen molar-refractivity contribution in [2.24, 2.45) is 0 Å². The maximum absolute atomic E-state index is 13.5. The van der Waals surface area contributed by atoms with Gasteiger partial charge in [-0.1, -0.05) is 153 Å². The lowest BCUT2D eigenvalue weighted by molar-refractivity contribution is -0.133. The number of aromatic nitrogens is 16. The number of rotatable bonds is 26. The van der Waals surface area contributed by atoms with Gasteiger partial charge in [-0.05, 0) is 173 Å². The number of aryl methyl sites for hydroxylation is 1. The summed E-state index contributed by atoms with van der Waals surface area (Å²) in [6, 6.07) is 75.9. The Morgan fingerprint density at radius 1 is 0.318 bits per heavy atom. The number of thiophene rings is 1. The van der Waals surface area contributed by atoms with Gasteiger partial charge in [0, 0.05) is 117 Å². The van der Waals surface area contributed by atoms with Gasteiger partial charge in [-0.2, -0.15) is 38.1 Å². The molecule has 0 aliphatic rings. The number of benzene rings is 8. The van der Waals surface area contributed by atoms with E-state index < -0.39 is 11.1 Å². The third-order valence-corrected chi connectivity index (χ3v) is 20.0. The molecule has 19 rings (SSSR count). The van der Waals surface area contributed by atoms with E-state index in [9.17, 15) is 13.2 Å². The molecule has 19 aromatic rings. The Morgan fingerprint density at radius 2 is 0.705 bits per heavy atom. The number of methoxy groups -OCH3 is 2. The zero-order valence-corrected chi connectivity index (χ0v) is 73.4. The highest BCUT2D eigenvalue weighted by atomic mass is 32.1. The summed E-state index contributed by atoms with van der Waals surface area (Å²) < 4.78 is 111. The molecule has 0 bridgehead atoms. The average Bonchev–Trinajstić information content (AvgIpc) is 1.63. The fourth-order valence-electron chi connectivity index (χ4n) is 12.5. The van der Waals surface area contributed by atoms with E-state index >= 15 is 0 Å². The van der Waals surface area contributed by atoms with E-state index in [1.54, 1.807) is 112 Å². The number of nitrogens with zero attached hydrogens (tertiary/aromatic N) is 16. The highest BCUT2D eigenvalue weighted by Crippen LogP contribution is 2.46. The van der Waals surface area contributed by atoms with Gasteiger partial charge in [-0.3, -0.25) is 19.9 Å². The lowest BCUT2D eigenvalue weighted by Gasteiger charge is -2.11. The van der Waals surface area contributed by atoms with Crippen LogP contribution in [0.25, 0.3) is 136 Å². The second-order valence-electron chi connectivity index (χ2n) is 27.7. The Bertz CT molecular complexity index is 6600. The van der Waals surface area contributed by atoms with Crippen molar-refractivity contribution in [3.05, 3.63) is 320 Å². The molecule has 11 aromatic heterocycles. The molecule has 0 aliphatic carbocycles. The maximum atomic E-state index is 13.5. The van der Waals surface area contributed by atoms with E-state index in [-0.39, 0.29) is 16.3 Å². The summed E-state index contributed by atoms with van der Waals surface area (Å²) in [4.78, 5) is 37.4. The Morgan fingerprint density at radius 3 is 1.18 bits per heavy atom. The molecule has 8 aromatic carbocycles. The van der Waals surface area contributed by atoms with Crippen LogP contribution in [-0.4, -0.2) is 128 Å². The smallest absolute Gasteiger partial charge is 0.426 e. The van der Waals surface area contributed by atoms with Crippen LogP contribution in [0.15, 0.2) is 325 Å². The molecule has 11 heterocycles. The molecule has 0 aliphatic heterocycles. The second-order valence-corrected chi connectivity index (χ2v) is 28.8. The monoisotopic (exact) mass is 1790 g/mol. The van der Waals surface area contributed by atoms with Gasteiger partial charge in [0.05, 0.1) is 58.6 Å². The predicted octanol–water partition coefficient (Wildman–Crippen LogP) is 23.0. The molecule has 33 heteroatoms. The Balaban J connectivity index is 0.000000128. The van der Waals surface area contributed by atoms with E-state index in [0.29, 0.717) is 155 Å². The first-order valence-electron chi connectivity index (χ1n) is 41.5. The van der Waals surface area contributed by atoms with Gasteiger partial charge >= 0.3 is 6.18 Å². The van der Waals surface area contributed by atoms with Crippen molar-refractivity contribution < 1.29 is 73.4 Å². The van der Waals surface area contributed by atoms with E-state index in [1.807, 2.05) is 236 Å². The minimum absolute atomic E-state index is 0.0709. The van der Waals surface area contributed by atoms with Crippen molar-refractivity contribution in [3.8, 4) is 176 Å². The molecule has 132 heavy (non-hydrogen) atoms. The van der Waals surface area contributed by atoms with Gasteiger partial charge in [0.15, 0.2) is 23.0 Å². The van der Waals surface area contributed by atoms with Gasteiger partial charge < -0.3 is 60.2 Å². The predicted molar refractivity (Wildman–Crippen MR) is 488 cm³/mol. The number of hydrogen-bond donors (Lipinski definition) is 0. The zero-order chi connectivity index (χ0) is 91.8. The lowest BCUT2D eigenvalue weighted by Crippen LogP contribution is -2.03. The van der Waals surface area contributed by atoms with E-state index in [2.05, 4.69) is 80.8 Å². The molecule has 0 radical (unpaired) electrons. The van der Waals surface area contributed by atoms with Crippen LogP contribution in [0.3, 0.4) is 0 Å². The summed E-state index contributed by atoms with van der Waals surface area (Å²) in [6.07, 6.45) is 9.75. The summed E-state index contributed by atoms with van der Waals surface area (Å²) in [7, 11) is 3.18. The van der Waals surface area contributed by atoms with Gasteiger partial charge in [0.1, 0.15) is 22.1 Å². The van der Waals surface area contributed by atoms with Crippen LogP contribution < -0.4 is 33.2 Å². The summed E-state index contributed by atoms with van der Waals surface area (Å²) in [5.41, 5.74) is 11.0. The maximum Gasteiger partial charge on any atom is 0.426 e. The summed E-state index contributed by atoms with van der Waals surface area (Å²) in [5.74, 6) is 10.3. The highest BCUT2D eigenvalue weighted by Gasteiger charge is 2.37. The van der Waals surface area contributed by atoms with Gasteiger partial charge in [-0.15, -0.1) is 21.5 Å². The van der Waals surface area contributed by atoms with Crippen LogP contribution >= 0.6 is 11.3 Å². The molecular formula is C99H85F3N16O13S. The van der Waals surface area contributed by atoms with E-state index in [0.717, 1.165) is 72.5 Å². The SMILES string of the molecule is CCOc1cc(-c2nnc(-c3ccncc3)o2)ccc1C.CCOc1ccc(-c2nc(-c3ccccc3)no2)cc1OCC.CCOc1ccc(-c2nc(-c3ccncc3)no2)cc1OCC.COc1cc(OC)cc(-c2nc(-c3cccnc3)no2)c1.FC(F)(F)c1sc(-c2nc(-c3ccccc3)no2)cc1-c1ccccc1.c1ccc(Cc2nc(-c3ccncc3)no2)cc1. The van der Waals surface area contributed by atoms with Crippen LogP contribution in [-0.2, 0) is 12.6 Å². The number of halogens is 3. The molecule has 0 saturated carbocycles.